The number of nitrogens with two attached hydrogens (primary N) is 1. The molecule has 0 unspecified atom stereocenters. The van der Waals surface area contributed by atoms with Gasteiger partial charge in [0, 0.05) is 42.1 Å². The third kappa shape index (κ3) is 6.13. The second kappa shape index (κ2) is 11.0. The second-order valence-corrected chi connectivity index (χ2v) is 10.4. The number of aliphatic imine (C=N–C) groups is 1. The first kappa shape index (κ1) is 24.2. The number of likely N-dealkylation sites (tertiary alicyclic amines) is 1. The number of carbonyl (C=O) groups excluding carboxylic acids is 2. The number of thioether (sulfide) groups is 1. The summed E-state index contributed by atoms with van der Waals surface area (Å²) >= 11 is 4.92. The number of halogens is 1. The monoisotopic (exact) mass is 540 g/mol. The highest BCUT2D eigenvalue weighted by molar-refractivity contribution is 9.10. The number of piperidine rings is 1. The van der Waals surface area contributed by atoms with E-state index in [4.69, 9.17) is 19.9 Å². The Kier molecular flexibility index (Phi) is 8.02. The molecule has 1 atom stereocenters. The first-order chi connectivity index (χ1) is 15.9. The van der Waals surface area contributed by atoms with E-state index in [-0.39, 0.29) is 24.6 Å². The summed E-state index contributed by atoms with van der Waals surface area (Å²) in [5.41, 5.74) is 6.13. The first-order valence-electron chi connectivity index (χ1n) is 11.2. The molecule has 33 heavy (non-hydrogen) atoms. The maximum atomic E-state index is 12.6. The van der Waals surface area contributed by atoms with E-state index in [1.54, 1.807) is 11.8 Å². The quantitative estimate of drug-likeness (QED) is 0.234. The van der Waals surface area contributed by atoms with Gasteiger partial charge in [0.05, 0.1) is 5.92 Å². The van der Waals surface area contributed by atoms with Gasteiger partial charge in [-0.2, -0.15) is 0 Å². The van der Waals surface area contributed by atoms with Gasteiger partial charge < -0.3 is 30.2 Å². The van der Waals surface area contributed by atoms with Crippen molar-refractivity contribution >= 4 is 44.7 Å². The lowest BCUT2D eigenvalue weighted by molar-refractivity contribution is -0.164. The van der Waals surface area contributed by atoms with Crippen LogP contribution in [0.5, 0.6) is 11.5 Å². The molecule has 0 aliphatic carbocycles. The zero-order chi connectivity index (χ0) is 23.4. The van der Waals surface area contributed by atoms with Gasteiger partial charge >= 0.3 is 5.97 Å². The smallest absolute Gasteiger partial charge is 0.312 e. The molecule has 3 aliphatic rings. The topological polar surface area (TPSA) is 115 Å². The normalized spacial score (nSPS) is 19.8. The predicted octanol–water partition coefficient (Wildman–Crippen LogP) is 2.36. The molecule has 3 aliphatic heterocycles. The highest BCUT2D eigenvalue weighted by Gasteiger charge is 2.32. The maximum Gasteiger partial charge on any atom is 0.312 e. The van der Waals surface area contributed by atoms with E-state index in [9.17, 15) is 9.59 Å². The lowest BCUT2D eigenvalue weighted by atomic mass is 9.93. The number of ether oxygens (including phenoxy) is 3. The van der Waals surface area contributed by atoms with Crippen LogP contribution in [0.15, 0.2) is 26.5 Å². The van der Waals surface area contributed by atoms with Crippen molar-refractivity contribution in [3.8, 4) is 11.5 Å². The van der Waals surface area contributed by atoms with Gasteiger partial charge in [0.25, 0.3) is 5.91 Å². The van der Waals surface area contributed by atoms with Gasteiger partial charge in [-0.25, -0.2) is 0 Å². The van der Waals surface area contributed by atoms with Crippen molar-refractivity contribution in [2.75, 3.05) is 39.5 Å². The SMILES string of the molecule is C[C@H](OC(=O)C1CNC1)C(=O)N1CCC(CCN=C(N)Sc2cc3c(cc2Br)OCO3)CC1. The third-order valence-corrected chi connectivity index (χ3v) is 7.94. The number of carbonyl (C=O) groups is 2. The summed E-state index contributed by atoms with van der Waals surface area (Å²) in [5.74, 6) is 1.40. The summed E-state index contributed by atoms with van der Waals surface area (Å²) in [6.45, 7) is 5.14. The Morgan fingerprint density at radius 2 is 2.00 bits per heavy atom. The van der Waals surface area contributed by atoms with Crippen LogP contribution >= 0.6 is 27.7 Å². The van der Waals surface area contributed by atoms with Crippen LogP contribution in [-0.4, -0.2) is 67.6 Å². The molecule has 0 aromatic heterocycles. The van der Waals surface area contributed by atoms with E-state index >= 15 is 0 Å². The molecule has 2 fully saturated rings. The Hall–Kier alpha value is -1.98. The van der Waals surface area contributed by atoms with Gasteiger partial charge in [-0.05, 0) is 60.2 Å². The van der Waals surface area contributed by atoms with Crippen LogP contribution in [-0.2, 0) is 14.3 Å². The van der Waals surface area contributed by atoms with Crippen LogP contribution in [0.4, 0.5) is 0 Å². The van der Waals surface area contributed by atoms with E-state index in [2.05, 4.69) is 26.2 Å². The molecule has 9 nitrogen and oxygen atoms in total. The fraction of sp³-hybridized carbons (Fsp3) is 0.591. The van der Waals surface area contributed by atoms with E-state index < -0.39 is 6.10 Å². The van der Waals surface area contributed by atoms with Crippen LogP contribution in [0, 0.1) is 11.8 Å². The maximum absolute atomic E-state index is 12.6. The largest absolute Gasteiger partial charge is 0.454 e. The molecule has 3 N–H and O–H groups in total. The Morgan fingerprint density at radius 1 is 1.30 bits per heavy atom. The van der Waals surface area contributed by atoms with E-state index in [1.807, 2.05) is 12.1 Å². The molecule has 11 heteroatoms. The van der Waals surface area contributed by atoms with Crippen LogP contribution < -0.4 is 20.5 Å². The van der Waals surface area contributed by atoms with Crippen molar-refractivity contribution in [2.45, 2.75) is 37.2 Å². The summed E-state index contributed by atoms with van der Waals surface area (Å²) < 4.78 is 17.0. The molecule has 3 heterocycles. The van der Waals surface area contributed by atoms with Crippen molar-refractivity contribution < 1.29 is 23.8 Å². The van der Waals surface area contributed by atoms with Gasteiger partial charge in [-0.3, -0.25) is 14.6 Å². The minimum atomic E-state index is -0.730. The number of amidine groups is 1. The predicted molar refractivity (Wildman–Crippen MR) is 128 cm³/mol. The van der Waals surface area contributed by atoms with Crippen molar-refractivity contribution in [1.82, 2.24) is 10.2 Å². The summed E-state index contributed by atoms with van der Waals surface area (Å²) in [5, 5.41) is 3.53. The fourth-order valence-electron chi connectivity index (χ4n) is 3.95. The van der Waals surface area contributed by atoms with E-state index in [1.165, 1.54) is 11.8 Å². The van der Waals surface area contributed by atoms with Crippen LogP contribution in [0.1, 0.15) is 26.2 Å². The zero-order valence-corrected chi connectivity index (χ0v) is 21.0. The molecule has 0 bridgehead atoms. The number of benzene rings is 1. The van der Waals surface area contributed by atoms with Crippen molar-refractivity contribution in [3.05, 3.63) is 16.6 Å². The Morgan fingerprint density at radius 3 is 2.67 bits per heavy atom. The number of amides is 1. The van der Waals surface area contributed by atoms with Crippen molar-refractivity contribution in [2.24, 2.45) is 22.6 Å². The molecule has 1 amide bonds. The highest BCUT2D eigenvalue weighted by atomic mass is 79.9. The average Bonchev–Trinajstić information content (AvgIpc) is 3.19. The number of esters is 1. The molecule has 1 aromatic rings. The van der Waals surface area contributed by atoms with Gasteiger partial charge in [0.15, 0.2) is 22.8 Å². The molecular formula is C22H29BrN4O5S. The first-order valence-corrected chi connectivity index (χ1v) is 12.8. The fourth-order valence-corrected chi connectivity index (χ4v) is 5.22. The Balaban J connectivity index is 1.17. The molecule has 180 valence electrons. The van der Waals surface area contributed by atoms with Crippen LogP contribution in [0.3, 0.4) is 0 Å². The molecule has 0 radical (unpaired) electrons. The number of nitrogens with one attached hydrogen (secondary N) is 1. The van der Waals surface area contributed by atoms with Crippen LogP contribution in [0.2, 0.25) is 0 Å². The lowest BCUT2D eigenvalue weighted by Gasteiger charge is -2.34. The van der Waals surface area contributed by atoms with E-state index in [0.29, 0.717) is 49.6 Å². The molecule has 0 spiro atoms. The molecule has 2 saturated heterocycles. The number of fused-ring (bicyclic) bond motifs is 1. The molecule has 1 aromatic carbocycles. The summed E-state index contributed by atoms with van der Waals surface area (Å²) in [7, 11) is 0. The minimum Gasteiger partial charge on any atom is -0.454 e. The summed E-state index contributed by atoms with van der Waals surface area (Å²) in [4.78, 5) is 31.8. The Bertz CT molecular complexity index is 918. The number of hydrogen-bond donors (Lipinski definition) is 2. The number of nitrogens with zero attached hydrogens (tertiary/aromatic N) is 2. The van der Waals surface area contributed by atoms with Gasteiger partial charge in [0.1, 0.15) is 0 Å². The van der Waals surface area contributed by atoms with Crippen molar-refractivity contribution in [1.29, 1.82) is 0 Å². The van der Waals surface area contributed by atoms with Gasteiger partial charge in [-0.15, -0.1) is 0 Å². The zero-order valence-electron chi connectivity index (χ0n) is 18.5. The average molecular weight is 541 g/mol. The lowest BCUT2D eigenvalue weighted by Crippen LogP contribution is -2.50. The molecule has 4 rings (SSSR count). The summed E-state index contributed by atoms with van der Waals surface area (Å²) in [6, 6.07) is 3.77. The van der Waals surface area contributed by atoms with Gasteiger partial charge in [-0.1, -0.05) is 11.8 Å². The second-order valence-electron chi connectivity index (χ2n) is 8.45. The van der Waals surface area contributed by atoms with Crippen molar-refractivity contribution in [3.63, 3.8) is 0 Å². The van der Waals surface area contributed by atoms with Gasteiger partial charge in [0.2, 0.25) is 6.79 Å². The molecule has 0 saturated carbocycles. The minimum absolute atomic E-state index is 0.109. The summed E-state index contributed by atoms with van der Waals surface area (Å²) in [6.07, 6.45) is 2.02. The number of hydrogen-bond acceptors (Lipinski definition) is 8. The van der Waals surface area contributed by atoms with Crippen LogP contribution in [0.25, 0.3) is 0 Å². The third-order valence-electron chi connectivity index (χ3n) is 6.13. The highest BCUT2D eigenvalue weighted by Crippen LogP contribution is 2.40. The standard InChI is InChI=1S/C22H29BrN4O5S/c1-13(32-21(29)15-10-25-11-15)20(28)27-6-3-14(4-7-27)2-5-26-22(24)33-19-9-18-17(8-16(19)23)30-12-31-18/h8-9,13-15,25H,2-7,10-12H2,1H3,(H2,24,26)/t13-/m0/s1. The number of rotatable bonds is 7. The Labute approximate surface area is 205 Å². The molecular weight excluding hydrogens is 512 g/mol. The van der Waals surface area contributed by atoms with E-state index in [0.717, 1.165) is 34.4 Å².